The summed E-state index contributed by atoms with van der Waals surface area (Å²) in [6, 6.07) is 29.3. The molecule has 3 aliphatic carbocycles. The van der Waals surface area contributed by atoms with Crippen LogP contribution in [0, 0.1) is 18.8 Å². The van der Waals surface area contributed by atoms with E-state index in [0.29, 0.717) is 5.69 Å². The van der Waals surface area contributed by atoms with E-state index < -0.39 is 23.2 Å². The second-order valence-corrected chi connectivity index (χ2v) is 10.6. The number of nitrogens with one attached hydrogen (secondary N) is 1. The minimum atomic E-state index is -1.09. The third-order valence-electron chi connectivity index (χ3n) is 8.56. The summed E-state index contributed by atoms with van der Waals surface area (Å²) < 4.78 is 0. The van der Waals surface area contributed by atoms with Crippen molar-refractivity contribution in [1.82, 2.24) is 5.43 Å². The summed E-state index contributed by atoms with van der Waals surface area (Å²) in [6.45, 7) is 1.96. The number of carbonyl (C=O) groups is 3. The topological polar surface area (TPSA) is 99.1 Å². The van der Waals surface area contributed by atoms with E-state index in [-0.39, 0.29) is 29.0 Å². The van der Waals surface area contributed by atoms with E-state index >= 15 is 0 Å². The van der Waals surface area contributed by atoms with Gasteiger partial charge in [0, 0.05) is 12.1 Å². The molecule has 0 aromatic heterocycles. The van der Waals surface area contributed by atoms with E-state index in [1.165, 1.54) is 17.0 Å². The molecule has 7 nitrogen and oxygen atoms in total. The largest absolute Gasteiger partial charge is 0.507 e. The van der Waals surface area contributed by atoms with E-state index in [0.717, 1.165) is 27.8 Å². The number of imide groups is 1. The van der Waals surface area contributed by atoms with Gasteiger partial charge in [0.25, 0.3) is 5.91 Å². The Morgan fingerprint density at radius 3 is 2.10 bits per heavy atom. The lowest BCUT2D eigenvalue weighted by atomic mass is 9.47. The Balaban J connectivity index is 1.41. The third-order valence-corrected chi connectivity index (χ3v) is 8.56. The summed E-state index contributed by atoms with van der Waals surface area (Å²) in [5.41, 5.74) is 6.86. The number of hydrazone groups is 1. The highest BCUT2D eigenvalue weighted by atomic mass is 16.3. The molecule has 2 bridgehead atoms. The fourth-order valence-corrected chi connectivity index (χ4v) is 6.92. The molecule has 0 radical (unpaired) electrons. The number of carbonyl (C=O) groups excluding carboxylic acids is 3. The Hall–Kier alpha value is -5.04. The number of phenolic OH excluding ortho intramolecular Hbond substituents is 1. The molecule has 2 atom stereocenters. The molecule has 40 heavy (non-hydrogen) atoms. The second kappa shape index (κ2) is 8.74. The number of amides is 3. The molecule has 196 valence electrons. The van der Waals surface area contributed by atoms with E-state index in [4.69, 9.17) is 0 Å². The number of hydrogen-bond acceptors (Lipinski definition) is 5. The van der Waals surface area contributed by atoms with Gasteiger partial charge >= 0.3 is 0 Å². The first-order valence-electron chi connectivity index (χ1n) is 13.2. The van der Waals surface area contributed by atoms with Crippen molar-refractivity contribution in [2.24, 2.45) is 16.9 Å². The van der Waals surface area contributed by atoms with Crippen LogP contribution in [0.1, 0.15) is 44.1 Å². The van der Waals surface area contributed by atoms with E-state index in [2.05, 4.69) is 10.5 Å². The summed E-state index contributed by atoms with van der Waals surface area (Å²) in [5, 5.41) is 14.5. The zero-order valence-corrected chi connectivity index (χ0v) is 21.6. The SMILES string of the molecule is Cc1ccc(N2C(=O)C3C4c5ccccc5C(/C=N/NC(=O)c5ccccc5O)(c5ccccc54)C3C2=O)cc1. The molecular weight excluding hydrogens is 502 g/mol. The van der Waals surface area contributed by atoms with Crippen molar-refractivity contribution >= 4 is 29.6 Å². The molecule has 0 saturated carbocycles. The molecule has 8 rings (SSSR count). The monoisotopic (exact) mass is 527 g/mol. The second-order valence-electron chi connectivity index (χ2n) is 10.6. The van der Waals surface area contributed by atoms with Crippen LogP contribution in [0.2, 0.25) is 0 Å². The Bertz CT molecular complexity index is 1700. The van der Waals surface area contributed by atoms with Crippen LogP contribution in [0.5, 0.6) is 5.75 Å². The molecule has 2 unspecified atom stereocenters. The minimum Gasteiger partial charge on any atom is -0.507 e. The van der Waals surface area contributed by atoms with Crippen molar-refractivity contribution in [3.8, 4) is 5.75 Å². The lowest BCUT2D eigenvalue weighted by molar-refractivity contribution is -0.122. The molecule has 2 N–H and O–H groups in total. The molecule has 1 aliphatic heterocycles. The van der Waals surface area contributed by atoms with Gasteiger partial charge in [0.15, 0.2) is 0 Å². The molecule has 3 amide bonds. The van der Waals surface area contributed by atoms with Gasteiger partial charge in [-0.05, 0) is 53.4 Å². The first-order valence-corrected chi connectivity index (χ1v) is 13.2. The highest BCUT2D eigenvalue weighted by Gasteiger charge is 2.68. The van der Waals surface area contributed by atoms with Gasteiger partial charge in [-0.3, -0.25) is 14.4 Å². The van der Waals surface area contributed by atoms with Gasteiger partial charge in [-0.2, -0.15) is 5.10 Å². The number of para-hydroxylation sites is 1. The zero-order valence-electron chi connectivity index (χ0n) is 21.6. The standard InChI is InChI=1S/C33H25N3O4/c1-19-14-16-20(17-15-19)36-31(39)28-27-21-8-2-5-11-24(21)33(29(28)32(36)40,25-12-6-3-9-22(25)27)18-34-35-30(38)23-10-4-7-13-26(23)37/h2-18,27-29,37H,1H3,(H,35,38)/b34-18+. The highest BCUT2D eigenvalue weighted by molar-refractivity contribution is 6.25. The maximum Gasteiger partial charge on any atom is 0.275 e. The van der Waals surface area contributed by atoms with Gasteiger partial charge < -0.3 is 5.11 Å². The van der Waals surface area contributed by atoms with Crippen molar-refractivity contribution < 1.29 is 19.5 Å². The summed E-state index contributed by atoms with van der Waals surface area (Å²) >= 11 is 0. The zero-order chi connectivity index (χ0) is 27.6. The summed E-state index contributed by atoms with van der Waals surface area (Å²) in [4.78, 5) is 42.7. The third kappa shape index (κ3) is 3.18. The van der Waals surface area contributed by atoms with Gasteiger partial charge in [0.1, 0.15) is 5.75 Å². The number of phenols is 1. The molecule has 0 spiro atoms. The average Bonchev–Trinajstić information content (AvgIpc) is 3.24. The van der Waals surface area contributed by atoms with Gasteiger partial charge in [-0.1, -0.05) is 78.4 Å². The summed E-state index contributed by atoms with van der Waals surface area (Å²) in [7, 11) is 0. The maximum absolute atomic E-state index is 14.3. The Morgan fingerprint density at radius 2 is 1.45 bits per heavy atom. The van der Waals surface area contributed by atoms with Gasteiger partial charge in [0.2, 0.25) is 11.8 Å². The fraction of sp³-hybridized carbons (Fsp3) is 0.152. The van der Waals surface area contributed by atoms with Crippen LogP contribution in [0.15, 0.2) is 102 Å². The molecule has 1 fully saturated rings. The molecule has 1 saturated heterocycles. The Kier molecular flexibility index (Phi) is 5.25. The van der Waals surface area contributed by atoms with Crippen LogP contribution in [-0.2, 0) is 15.0 Å². The van der Waals surface area contributed by atoms with Crippen LogP contribution in [0.4, 0.5) is 5.69 Å². The lowest BCUT2D eigenvalue weighted by Gasteiger charge is -2.52. The number of rotatable bonds is 4. The van der Waals surface area contributed by atoms with Crippen molar-refractivity contribution in [2.75, 3.05) is 4.90 Å². The predicted octanol–water partition coefficient (Wildman–Crippen LogP) is 4.67. The van der Waals surface area contributed by atoms with Crippen LogP contribution >= 0.6 is 0 Å². The van der Waals surface area contributed by atoms with Crippen molar-refractivity contribution in [1.29, 1.82) is 0 Å². The molecule has 1 heterocycles. The van der Waals surface area contributed by atoms with Crippen LogP contribution in [0.3, 0.4) is 0 Å². The minimum absolute atomic E-state index is 0.0841. The van der Waals surface area contributed by atoms with Crippen LogP contribution in [0.25, 0.3) is 0 Å². The fourth-order valence-electron chi connectivity index (χ4n) is 6.92. The van der Waals surface area contributed by atoms with Crippen LogP contribution in [-0.4, -0.2) is 29.0 Å². The Morgan fingerprint density at radius 1 is 0.850 bits per heavy atom. The molecule has 4 aromatic rings. The number of benzene rings is 4. The average molecular weight is 528 g/mol. The molecule has 7 heteroatoms. The number of aromatic hydroxyl groups is 1. The first-order chi connectivity index (χ1) is 19.4. The lowest BCUT2D eigenvalue weighted by Crippen LogP contribution is -2.54. The van der Waals surface area contributed by atoms with Gasteiger partial charge in [-0.25, -0.2) is 10.3 Å². The molecular formula is C33H25N3O4. The smallest absolute Gasteiger partial charge is 0.275 e. The Labute approximate surface area is 230 Å². The van der Waals surface area contributed by atoms with E-state index in [1.807, 2.05) is 67.6 Å². The van der Waals surface area contributed by atoms with E-state index in [9.17, 15) is 19.5 Å². The number of aryl methyl sites for hydroxylation is 1. The van der Waals surface area contributed by atoms with Crippen molar-refractivity contribution in [2.45, 2.75) is 18.3 Å². The quantitative estimate of drug-likeness (QED) is 0.229. The summed E-state index contributed by atoms with van der Waals surface area (Å²) in [6.07, 6.45) is 1.61. The molecule has 4 aliphatic rings. The van der Waals surface area contributed by atoms with E-state index in [1.54, 1.807) is 30.5 Å². The van der Waals surface area contributed by atoms with Gasteiger partial charge in [0.05, 0.1) is 28.5 Å². The predicted molar refractivity (Wildman–Crippen MR) is 150 cm³/mol. The van der Waals surface area contributed by atoms with Crippen molar-refractivity contribution in [3.63, 3.8) is 0 Å². The van der Waals surface area contributed by atoms with Crippen LogP contribution < -0.4 is 10.3 Å². The van der Waals surface area contributed by atoms with Crippen molar-refractivity contribution in [3.05, 3.63) is 130 Å². The number of anilines is 1. The number of nitrogens with zero attached hydrogens (tertiary/aromatic N) is 2. The highest BCUT2D eigenvalue weighted by Crippen LogP contribution is 2.63. The number of hydrogen-bond donors (Lipinski definition) is 2. The van der Waals surface area contributed by atoms with Gasteiger partial charge in [-0.15, -0.1) is 0 Å². The normalized spacial score (nSPS) is 24.1. The summed E-state index contributed by atoms with van der Waals surface area (Å²) in [5.74, 6) is -2.91. The molecule has 4 aromatic carbocycles. The first kappa shape index (κ1) is 24.0. The maximum atomic E-state index is 14.3.